The number of likely N-dealkylation sites (tertiary alicyclic amines) is 1. The molecule has 0 bridgehead atoms. The number of ether oxygens (including phenoxy) is 1. The molecule has 126 valence electrons. The van der Waals surface area contributed by atoms with Crippen molar-refractivity contribution in [3.05, 3.63) is 53.6 Å². The van der Waals surface area contributed by atoms with Gasteiger partial charge in [-0.2, -0.15) is 0 Å². The Morgan fingerprint density at radius 2 is 2.21 bits per heavy atom. The van der Waals surface area contributed by atoms with Crippen molar-refractivity contribution in [3.8, 4) is 5.75 Å². The van der Waals surface area contributed by atoms with Crippen LogP contribution in [0.3, 0.4) is 0 Å². The first kappa shape index (κ1) is 16.4. The molecule has 6 nitrogen and oxygen atoms in total. The van der Waals surface area contributed by atoms with Gasteiger partial charge < -0.3 is 14.7 Å². The third-order valence-corrected chi connectivity index (χ3v) is 4.37. The number of β-amino-alcohol motifs (C(OH)–C–C–N with tert-alkyl or cyclic N) is 1. The van der Waals surface area contributed by atoms with Gasteiger partial charge in [-0.15, -0.1) is 0 Å². The van der Waals surface area contributed by atoms with Gasteiger partial charge >= 0.3 is 0 Å². The summed E-state index contributed by atoms with van der Waals surface area (Å²) in [6.07, 6.45) is 4.99. The lowest BCUT2D eigenvalue weighted by Crippen LogP contribution is -2.30. The fourth-order valence-corrected chi connectivity index (χ4v) is 3.08. The molecule has 2 aromatic rings. The zero-order valence-corrected chi connectivity index (χ0v) is 13.8. The van der Waals surface area contributed by atoms with Crippen LogP contribution in [0.4, 0.5) is 0 Å². The van der Waals surface area contributed by atoms with Crippen molar-refractivity contribution >= 4 is 5.91 Å². The van der Waals surface area contributed by atoms with Crippen LogP contribution in [-0.4, -0.2) is 52.2 Å². The van der Waals surface area contributed by atoms with Gasteiger partial charge in [0.1, 0.15) is 5.75 Å². The Hall–Kier alpha value is -2.47. The molecule has 1 fully saturated rings. The number of aryl methyl sites for hydroxylation is 1. The van der Waals surface area contributed by atoms with Crippen LogP contribution < -0.4 is 4.74 Å². The average Bonchev–Trinajstić information content (AvgIpc) is 2.96. The van der Waals surface area contributed by atoms with Crippen molar-refractivity contribution < 1.29 is 14.6 Å². The molecule has 0 radical (unpaired) electrons. The minimum Gasteiger partial charge on any atom is -0.496 e. The maximum atomic E-state index is 12.8. The van der Waals surface area contributed by atoms with Gasteiger partial charge in [-0.05, 0) is 25.5 Å². The maximum Gasteiger partial charge on any atom is 0.257 e. The Balaban J connectivity index is 1.74. The molecule has 24 heavy (non-hydrogen) atoms. The quantitative estimate of drug-likeness (QED) is 0.920. The maximum absolute atomic E-state index is 12.8. The molecule has 1 aliphatic rings. The summed E-state index contributed by atoms with van der Waals surface area (Å²) in [6, 6.07) is 5.53. The van der Waals surface area contributed by atoms with Gasteiger partial charge in [0.15, 0.2) is 0 Å². The third kappa shape index (κ3) is 3.38. The van der Waals surface area contributed by atoms with Crippen LogP contribution in [-0.2, 0) is 6.42 Å². The molecule has 0 saturated carbocycles. The number of amides is 1. The van der Waals surface area contributed by atoms with Crippen molar-refractivity contribution in [3.63, 3.8) is 0 Å². The molecule has 6 heteroatoms. The standard InChI is InChI=1S/C18H21N3O3/c1-12-3-4-17(24-2)15(7-12)18(23)21-10-13(16(22)11-21)8-14-9-19-5-6-20-14/h3-7,9,13,16,22H,8,10-11H2,1-2H3/t13-,16-/m1/s1. The summed E-state index contributed by atoms with van der Waals surface area (Å²) in [7, 11) is 1.55. The van der Waals surface area contributed by atoms with Crippen LogP contribution in [0.2, 0.25) is 0 Å². The minimum absolute atomic E-state index is 0.0403. The van der Waals surface area contributed by atoms with Gasteiger partial charge in [0.2, 0.25) is 0 Å². The lowest BCUT2D eigenvalue weighted by atomic mass is 10.0. The molecular formula is C18H21N3O3. The largest absolute Gasteiger partial charge is 0.496 e. The smallest absolute Gasteiger partial charge is 0.257 e. The topological polar surface area (TPSA) is 75.5 Å². The number of aliphatic hydroxyl groups excluding tert-OH is 1. The van der Waals surface area contributed by atoms with E-state index in [2.05, 4.69) is 9.97 Å². The molecule has 1 aromatic heterocycles. The fourth-order valence-electron chi connectivity index (χ4n) is 3.08. The summed E-state index contributed by atoms with van der Waals surface area (Å²) < 4.78 is 5.30. The molecule has 0 unspecified atom stereocenters. The molecule has 0 spiro atoms. The number of hydrogen-bond donors (Lipinski definition) is 1. The van der Waals surface area contributed by atoms with Crippen LogP contribution in [0.25, 0.3) is 0 Å². The van der Waals surface area contributed by atoms with Gasteiger partial charge in [-0.1, -0.05) is 11.6 Å². The lowest BCUT2D eigenvalue weighted by molar-refractivity contribution is 0.0761. The van der Waals surface area contributed by atoms with Gasteiger partial charge in [-0.25, -0.2) is 0 Å². The lowest BCUT2D eigenvalue weighted by Gasteiger charge is -2.18. The molecule has 1 aliphatic heterocycles. The number of aliphatic hydroxyl groups is 1. The van der Waals surface area contributed by atoms with Crippen LogP contribution in [0.1, 0.15) is 21.6 Å². The number of benzene rings is 1. The summed E-state index contributed by atoms with van der Waals surface area (Å²) in [5.74, 6) is 0.398. The van der Waals surface area contributed by atoms with E-state index in [0.29, 0.717) is 30.8 Å². The van der Waals surface area contributed by atoms with Gasteiger partial charge in [0, 0.05) is 37.6 Å². The Bertz CT molecular complexity index is 721. The van der Waals surface area contributed by atoms with E-state index in [9.17, 15) is 9.90 Å². The zero-order valence-electron chi connectivity index (χ0n) is 13.8. The first-order valence-electron chi connectivity index (χ1n) is 7.95. The summed E-state index contributed by atoms with van der Waals surface area (Å²) in [5, 5.41) is 10.3. The average molecular weight is 327 g/mol. The minimum atomic E-state index is -0.563. The van der Waals surface area contributed by atoms with E-state index in [4.69, 9.17) is 4.74 Å². The highest BCUT2D eigenvalue weighted by molar-refractivity contribution is 5.97. The first-order chi connectivity index (χ1) is 11.6. The van der Waals surface area contributed by atoms with Crippen LogP contribution in [0.15, 0.2) is 36.8 Å². The predicted molar refractivity (Wildman–Crippen MR) is 88.9 cm³/mol. The first-order valence-corrected chi connectivity index (χ1v) is 7.95. The normalized spacial score (nSPS) is 20.2. The molecule has 2 atom stereocenters. The van der Waals surface area contributed by atoms with Crippen molar-refractivity contribution in [2.75, 3.05) is 20.2 Å². The number of carbonyl (C=O) groups excluding carboxylic acids is 1. The molecule has 1 aromatic carbocycles. The van der Waals surface area contributed by atoms with E-state index >= 15 is 0 Å². The molecule has 1 amide bonds. The summed E-state index contributed by atoms with van der Waals surface area (Å²) in [6.45, 7) is 2.75. The van der Waals surface area contributed by atoms with E-state index < -0.39 is 6.10 Å². The highest BCUT2D eigenvalue weighted by Crippen LogP contribution is 2.26. The van der Waals surface area contributed by atoms with Crippen molar-refractivity contribution in [1.29, 1.82) is 0 Å². The molecule has 0 aliphatic carbocycles. The monoisotopic (exact) mass is 327 g/mol. The Morgan fingerprint density at radius 1 is 1.38 bits per heavy atom. The Labute approximate surface area is 141 Å². The number of rotatable bonds is 4. The third-order valence-electron chi connectivity index (χ3n) is 4.37. The fraction of sp³-hybridized carbons (Fsp3) is 0.389. The molecule has 1 N–H and O–H groups in total. The van der Waals surface area contributed by atoms with Crippen molar-refractivity contribution in [2.45, 2.75) is 19.4 Å². The van der Waals surface area contributed by atoms with E-state index in [1.807, 2.05) is 19.1 Å². The second kappa shape index (κ2) is 6.97. The SMILES string of the molecule is COc1ccc(C)cc1C(=O)N1C[C@@H](Cc2cnccn2)[C@H](O)C1. The predicted octanol–water partition coefficient (Wildman–Crippen LogP) is 1.47. The number of carbonyl (C=O) groups is 1. The number of hydrogen-bond acceptors (Lipinski definition) is 5. The van der Waals surface area contributed by atoms with E-state index in [-0.39, 0.29) is 11.8 Å². The second-order valence-corrected chi connectivity index (χ2v) is 6.14. The van der Waals surface area contributed by atoms with Crippen molar-refractivity contribution in [1.82, 2.24) is 14.9 Å². The summed E-state index contributed by atoms with van der Waals surface area (Å²) in [4.78, 5) is 22.8. The van der Waals surface area contributed by atoms with Crippen LogP contribution in [0.5, 0.6) is 5.75 Å². The van der Waals surface area contributed by atoms with E-state index in [1.165, 1.54) is 0 Å². The molecular weight excluding hydrogens is 306 g/mol. The number of nitrogens with zero attached hydrogens (tertiary/aromatic N) is 3. The number of methoxy groups -OCH3 is 1. The van der Waals surface area contributed by atoms with Gasteiger partial charge in [0.25, 0.3) is 5.91 Å². The molecule has 3 rings (SSSR count). The van der Waals surface area contributed by atoms with Gasteiger partial charge in [0.05, 0.1) is 24.5 Å². The molecule has 2 heterocycles. The summed E-state index contributed by atoms with van der Waals surface area (Å²) >= 11 is 0. The zero-order chi connectivity index (χ0) is 17.1. The number of aromatic nitrogens is 2. The van der Waals surface area contributed by atoms with Crippen LogP contribution in [0, 0.1) is 12.8 Å². The highest BCUT2D eigenvalue weighted by atomic mass is 16.5. The Kier molecular flexibility index (Phi) is 4.76. The van der Waals surface area contributed by atoms with Crippen LogP contribution >= 0.6 is 0 Å². The highest BCUT2D eigenvalue weighted by Gasteiger charge is 2.35. The van der Waals surface area contributed by atoms with E-state index in [1.54, 1.807) is 36.7 Å². The second-order valence-electron chi connectivity index (χ2n) is 6.14. The molecule has 1 saturated heterocycles. The van der Waals surface area contributed by atoms with Gasteiger partial charge in [-0.3, -0.25) is 14.8 Å². The summed E-state index contributed by atoms with van der Waals surface area (Å²) in [5.41, 5.74) is 2.35. The Morgan fingerprint density at radius 3 is 2.92 bits per heavy atom. The van der Waals surface area contributed by atoms with E-state index in [0.717, 1.165) is 11.3 Å². The van der Waals surface area contributed by atoms with Crippen molar-refractivity contribution in [2.24, 2.45) is 5.92 Å².